The van der Waals surface area contributed by atoms with E-state index in [-0.39, 0.29) is 12.7 Å². The molecule has 0 fully saturated rings. The number of phosphoric acid groups is 1. The lowest BCUT2D eigenvalue weighted by molar-refractivity contribution is 0.0280. The average molecular weight is 285 g/mol. The lowest BCUT2D eigenvalue weighted by Gasteiger charge is -2.17. The van der Waals surface area contributed by atoms with E-state index in [2.05, 4.69) is 0 Å². The van der Waals surface area contributed by atoms with Crippen LogP contribution in [0.15, 0.2) is 0 Å². The molecule has 0 aliphatic rings. The van der Waals surface area contributed by atoms with Crippen molar-refractivity contribution in [3.8, 4) is 0 Å². The maximum atomic E-state index is 11.8. The maximum absolute atomic E-state index is 11.8. The third-order valence-corrected chi connectivity index (χ3v) is 3.30. The molecule has 0 bridgehead atoms. The fourth-order valence-electron chi connectivity index (χ4n) is 0.998. The summed E-state index contributed by atoms with van der Waals surface area (Å²) in [5.41, 5.74) is 5.25. The second kappa shape index (κ2) is 10.9. The van der Waals surface area contributed by atoms with E-state index in [9.17, 15) is 4.57 Å². The minimum atomic E-state index is -3.45. The van der Waals surface area contributed by atoms with Gasteiger partial charge in [-0.3, -0.25) is 13.6 Å². The van der Waals surface area contributed by atoms with Crippen molar-refractivity contribution in [3.05, 3.63) is 0 Å². The lowest BCUT2D eigenvalue weighted by atomic mass is 10.5. The minimum Gasteiger partial charge on any atom is -0.378 e. The SMILES string of the molecule is COP(=O)(OCCOCCOCCN)OC(C)C. The van der Waals surface area contributed by atoms with Crippen LogP contribution in [0.5, 0.6) is 0 Å². The monoisotopic (exact) mass is 285 g/mol. The first-order valence-electron chi connectivity index (χ1n) is 5.88. The van der Waals surface area contributed by atoms with Gasteiger partial charge in [0.2, 0.25) is 0 Å². The molecule has 0 saturated carbocycles. The van der Waals surface area contributed by atoms with E-state index in [1.54, 1.807) is 13.8 Å². The summed E-state index contributed by atoms with van der Waals surface area (Å²) in [7, 11) is -2.17. The first kappa shape index (κ1) is 18.0. The van der Waals surface area contributed by atoms with E-state index in [0.717, 1.165) is 0 Å². The van der Waals surface area contributed by atoms with Crippen molar-refractivity contribution in [3.63, 3.8) is 0 Å². The maximum Gasteiger partial charge on any atom is 0.474 e. The van der Waals surface area contributed by atoms with Gasteiger partial charge in [-0.1, -0.05) is 0 Å². The molecule has 18 heavy (non-hydrogen) atoms. The molecular weight excluding hydrogens is 261 g/mol. The molecule has 0 rings (SSSR count). The largest absolute Gasteiger partial charge is 0.474 e. The molecule has 0 amide bonds. The average Bonchev–Trinajstić information content (AvgIpc) is 2.32. The van der Waals surface area contributed by atoms with E-state index in [1.807, 2.05) is 0 Å². The third kappa shape index (κ3) is 9.96. The van der Waals surface area contributed by atoms with Crippen LogP contribution >= 0.6 is 7.82 Å². The number of rotatable bonds is 12. The number of nitrogens with two attached hydrogens (primary N) is 1. The molecule has 0 aromatic rings. The lowest BCUT2D eigenvalue weighted by Crippen LogP contribution is -2.14. The highest BCUT2D eigenvalue weighted by molar-refractivity contribution is 7.48. The van der Waals surface area contributed by atoms with Crippen molar-refractivity contribution in [2.24, 2.45) is 5.73 Å². The Morgan fingerprint density at radius 2 is 1.61 bits per heavy atom. The normalized spacial score (nSPS) is 14.9. The van der Waals surface area contributed by atoms with Gasteiger partial charge in [-0.25, -0.2) is 4.57 Å². The number of phosphoric ester groups is 1. The molecule has 0 aromatic heterocycles. The molecule has 1 atom stereocenters. The van der Waals surface area contributed by atoms with Gasteiger partial charge in [-0.05, 0) is 13.8 Å². The van der Waals surface area contributed by atoms with Gasteiger partial charge in [-0.15, -0.1) is 0 Å². The highest BCUT2D eigenvalue weighted by atomic mass is 31.2. The molecular formula is C10H24NO6P. The summed E-state index contributed by atoms with van der Waals surface area (Å²) >= 11 is 0. The second-order valence-electron chi connectivity index (χ2n) is 3.63. The molecule has 0 aliphatic carbocycles. The number of hydrogen-bond donors (Lipinski definition) is 1. The summed E-state index contributed by atoms with van der Waals surface area (Å²) in [6.45, 7) is 5.84. The zero-order chi connectivity index (χ0) is 13.9. The van der Waals surface area contributed by atoms with Gasteiger partial charge in [-0.2, -0.15) is 0 Å². The van der Waals surface area contributed by atoms with Crippen LogP contribution in [0.3, 0.4) is 0 Å². The third-order valence-electron chi connectivity index (χ3n) is 1.67. The summed E-state index contributed by atoms with van der Waals surface area (Å²) < 4.78 is 36.9. The van der Waals surface area contributed by atoms with Gasteiger partial charge >= 0.3 is 7.82 Å². The molecule has 0 aromatic carbocycles. The van der Waals surface area contributed by atoms with Crippen molar-refractivity contribution in [2.45, 2.75) is 20.0 Å². The first-order valence-corrected chi connectivity index (χ1v) is 7.34. The first-order chi connectivity index (χ1) is 8.54. The van der Waals surface area contributed by atoms with Crippen molar-refractivity contribution < 1.29 is 27.6 Å². The van der Waals surface area contributed by atoms with Crippen LogP contribution in [-0.2, 0) is 27.6 Å². The molecule has 1 unspecified atom stereocenters. The molecule has 0 saturated heterocycles. The summed E-state index contributed by atoms with van der Waals surface area (Å²) in [5, 5.41) is 0. The fourth-order valence-corrected chi connectivity index (χ4v) is 2.06. The van der Waals surface area contributed by atoms with E-state index in [4.69, 9.17) is 28.8 Å². The summed E-state index contributed by atoms with van der Waals surface area (Å²) in [5.74, 6) is 0. The van der Waals surface area contributed by atoms with Gasteiger partial charge in [0.15, 0.2) is 0 Å². The highest BCUT2D eigenvalue weighted by Gasteiger charge is 2.25. The Bertz CT molecular complexity index is 238. The standard InChI is InChI=1S/C10H24NO6P/c1-10(2)17-18(12,13-3)16-9-8-15-7-6-14-5-4-11/h10H,4-9,11H2,1-3H3. The van der Waals surface area contributed by atoms with Crippen LogP contribution in [-0.4, -0.2) is 52.8 Å². The smallest absolute Gasteiger partial charge is 0.378 e. The minimum absolute atomic E-state index is 0.134. The van der Waals surface area contributed by atoms with Crippen molar-refractivity contribution in [1.29, 1.82) is 0 Å². The molecule has 8 heteroatoms. The zero-order valence-corrected chi connectivity index (χ0v) is 12.2. The molecule has 0 radical (unpaired) electrons. The Balaban J connectivity index is 3.54. The summed E-state index contributed by atoms with van der Waals surface area (Å²) in [6.07, 6.45) is -0.235. The Hall–Kier alpha value is -0.0100. The van der Waals surface area contributed by atoms with Gasteiger partial charge in [0.1, 0.15) is 0 Å². The predicted molar refractivity (Wildman–Crippen MR) is 67.5 cm³/mol. The van der Waals surface area contributed by atoms with Crippen LogP contribution in [0.1, 0.15) is 13.8 Å². The Kier molecular flexibility index (Phi) is 10.9. The van der Waals surface area contributed by atoms with E-state index in [1.165, 1.54) is 7.11 Å². The quantitative estimate of drug-likeness (QED) is 0.425. The molecule has 110 valence electrons. The van der Waals surface area contributed by atoms with Gasteiger partial charge in [0.05, 0.1) is 39.1 Å². The highest BCUT2D eigenvalue weighted by Crippen LogP contribution is 2.49. The van der Waals surface area contributed by atoms with Crippen molar-refractivity contribution in [2.75, 3.05) is 46.7 Å². The number of ether oxygens (including phenoxy) is 2. The van der Waals surface area contributed by atoms with Crippen molar-refractivity contribution in [1.82, 2.24) is 0 Å². The molecule has 2 N–H and O–H groups in total. The van der Waals surface area contributed by atoms with Crippen LogP contribution in [0, 0.1) is 0 Å². The molecule has 7 nitrogen and oxygen atoms in total. The van der Waals surface area contributed by atoms with E-state index < -0.39 is 7.82 Å². The van der Waals surface area contributed by atoms with Gasteiger partial charge in [0, 0.05) is 13.7 Å². The molecule has 0 heterocycles. The Labute approximate surface area is 108 Å². The second-order valence-corrected chi connectivity index (χ2v) is 5.36. The zero-order valence-electron chi connectivity index (χ0n) is 11.3. The Morgan fingerprint density at radius 3 is 2.11 bits per heavy atom. The van der Waals surface area contributed by atoms with Crippen LogP contribution in [0.25, 0.3) is 0 Å². The Morgan fingerprint density at radius 1 is 1.06 bits per heavy atom. The van der Waals surface area contributed by atoms with E-state index >= 15 is 0 Å². The van der Waals surface area contributed by atoms with Crippen molar-refractivity contribution >= 4 is 7.82 Å². The number of hydrogen-bond acceptors (Lipinski definition) is 7. The fraction of sp³-hybridized carbons (Fsp3) is 1.00. The summed E-state index contributed by atoms with van der Waals surface area (Å²) in [6, 6.07) is 0. The van der Waals surface area contributed by atoms with E-state index in [0.29, 0.717) is 33.0 Å². The van der Waals surface area contributed by atoms with Gasteiger partial charge in [0.25, 0.3) is 0 Å². The summed E-state index contributed by atoms with van der Waals surface area (Å²) in [4.78, 5) is 0. The van der Waals surface area contributed by atoms with Crippen LogP contribution in [0.4, 0.5) is 0 Å². The van der Waals surface area contributed by atoms with Crippen LogP contribution < -0.4 is 5.73 Å². The molecule has 0 aliphatic heterocycles. The van der Waals surface area contributed by atoms with Gasteiger partial charge < -0.3 is 15.2 Å². The predicted octanol–water partition coefficient (Wildman–Crippen LogP) is 1.17. The topological polar surface area (TPSA) is 89.2 Å². The van der Waals surface area contributed by atoms with Crippen LogP contribution in [0.2, 0.25) is 0 Å². The molecule has 0 spiro atoms.